The Labute approximate surface area is 206 Å². The highest BCUT2D eigenvalue weighted by molar-refractivity contribution is 6.00. The third kappa shape index (κ3) is 7.42. The number of amides is 3. The number of nitrogens with zero attached hydrogens (tertiary/aromatic N) is 2. The van der Waals surface area contributed by atoms with Gasteiger partial charge in [-0.15, -0.1) is 0 Å². The summed E-state index contributed by atoms with van der Waals surface area (Å²) in [5.74, 6) is -3.53. The zero-order valence-electron chi connectivity index (χ0n) is 20.0. The topological polar surface area (TPSA) is 104 Å². The molecule has 1 aliphatic rings. The lowest BCUT2D eigenvalue weighted by molar-refractivity contribution is -0.121. The van der Waals surface area contributed by atoms with Crippen LogP contribution in [-0.4, -0.2) is 31.6 Å². The van der Waals surface area contributed by atoms with E-state index in [4.69, 9.17) is 4.74 Å². The van der Waals surface area contributed by atoms with Gasteiger partial charge in [-0.1, -0.05) is 0 Å². The van der Waals surface area contributed by atoms with Crippen LogP contribution in [0, 0.1) is 18.7 Å². The van der Waals surface area contributed by atoms with Crippen molar-refractivity contribution in [3.05, 3.63) is 65.2 Å². The molecule has 3 amide bonds. The summed E-state index contributed by atoms with van der Waals surface area (Å²) in [4.78, 5) is 32.1. The van der Waals surface area contributed by atoms with Gasteiger partial charge in [-0.2, -0.15) is 0 Å². The van der Waals surface area contributed by atoms with Gasteiger partial charge in [-0.3, -0.25) is 9.79 Å². The number of ether oxygens (including phenoxy) is 1. The number of hydrogen-bond acceptors (Lipinski definition) is 5. The van der Waals surface area contributed by atoms with Gasteiger partial charge in [-0.25, -0.2) is 23.0 Å². The molecule has 1 aliphatic carbocycles. The fraction of sp³-hybridized carbons (Fsp3) is 0.280. The molecule has 2 aromatic rings. The zero-order valence-corrected chi connectivity index (χ0v) is 20.0. The number of benzene rings is 2. The Morgan fingerprint density at radius 2 is 1.89 bits per heavy atom. The van der Waals surface area contributed by atoms with E-state index in [1.807, 2.05) is 0 Å². The van der Waals surface area contributed by atoms with Gasteiger partial charge >= 0.3 is 6.03 Å². The first-order chi connectivity index (χ1) is 17.0. The SMILES string of the molecule is C=N/C(=C\C(=N/C)Oc1ccc(NC(=O)Nc2cc(F)cc(C(C)(F)F)c2)c(C)c1)NC(=O)C1CC1. The summed E-state index contributed by atoms with van der Waals surface area (Å²) in [5.41, 5.74) is 0.358. The standard InChI is InChI=1S/C25H26F3N5O3/c1-14-9-19(36-22(30-4)13-21(29-3)33-23(34)15-5-6-15)7-8-20(14)32-24(35)31-18-11-16(25(2,27)28)10-17(26)12-18/h7-13,15H,3,5-6H2,1-2,4H3,(H,33,34)(H2,31,32,35)/b21-13+,30-22+. The van der Waals surface area contributed by atoms with E-state index in [2.05, 4.69) is 32.7 Å². The second kappa shape index (κ2) is 11.1. The molecule has 0 atom stereocenters. The van der Waals surface area contributed by atoms with Crippen molar-refractivity contribution < 1.29 is 27.5 Å². The molecule has 0 heterocycles. The Bertz CT molecular complexity index is 1230. The van der Waals surface area contributed by atoms with E-state index in [0.29, 0.717) is 30.0 Å². The lowest BCUT2D eigenvalue weighted by Gasteiger charge is -2.14. The fourth-order valence-electron chi connectivity index (χ4n) is 3.11. The smallest absolute Gasteiger partial charge is 0.323 e. The Morgan fingerprint density at radius 1 is 1.17 bits per heavy atom. The maximum Gasteiger partial charge on any atom is 0.323 e. The largest absolute Gasteiger partial charge is 0.439 e. The molecular formula is C25H26F3N5O3. The van der Waals surface area contributed by atoms with Gasteiger partial charge < -0.3 is 20.7 Å². The third-order valence-electron chi connectivity index (χ3n) is 5.18. The molecule has 190 valence electrons. The predicted molar refractivity (Wildman–Crippen MR) is 132 cm³/mol. The number of aliphatic imine (C=N–C) groups is 2. The van der Waals surface area contributed by atoms with Gasteiger partial charge in [0, 0.05) is 42.9 Å². The molecule has 3 N–H and O–H groups in total. The van der Waals surface area contributed by atoms with E-state index in [-0.39, 0.29) is 29.2 Å². The monoisotopic (exact) mass is 501 g/mol. The molecule has 11 heteroatoms. The molecule has 0 saturated heterocycles. The van der Waals surface area contributed by atoms with Crippen molar-refractivity contribution in [1.29, 1.82) is 0 Å². The number of carbonyl (C=O) groups is 2. The molecule has 36 heavy (non-hydrogen) atoms. The minimum atomic E-state index is -3.26. The molecular weight excluding hydrogens is 475 g/mol. The number of nitrogens with one attached hydrogen (secondary N) is 3. The number of rotatable bonds is 8. The fourth-order valence-corrected chi connectivity index (χ4v) is 3.11. The highest BCUT2D eigenvalue weighted by Crippen LogP contribution is 2.30. The van der Waals surface area contributed by atoms with Crippen LogP contribution in [0.5, 0.6) is 5.75 Å². The molecule has 1 fully saturated rings. The van der Waals surface area contributed by atoms with Gasteiger partial charge in [0.2, 0.25) is 11.8 Å². The number of halogens is 3. The first kappa shape index (κ1) is 26.5. The van der Waals surface area contributed by atoms with Crippen molar-refractivity contribution in [2.75, 3.05) is 17.7 Å². The second-order valence-electron chi connectivity index (χ2n) is 8.29. The molecule has 0 unspecified atom stereocenters. The minimum absolute atomic E-state index is 0.00599. The Hall–Kier alpha value is -4.15. The van der Waals surface area contributed by atoms with Gasteiger partial charge in [-0.05, 0) is 68.4 Å². The van der Waals surface area contributed by atoms with Crippen LogP contribution in [0.3, 0.4) is 0 Å². The van der Waals surface area contributed by atoms with Crippen molar-refractivity contribution in [3.63, 3.8) is 0 Å². The first-order valence-corrected chi connectivity index (χ1v) is 11.0. The van der Waals surface area contributed by atoms with E-state index < -0.39 is 23.3 Å². The van der Waals surface area contributed by atoms with Crippen LogP contribution in [0.1, 0.15) is 30.9 Å². The molecule has 8 nitrogen and oxygen atoms in total. The van der Waals surface area contributed by atoms with Crippen molar-refractivity contribution in [1.82, 2.24) is 5.32 Å². The lowest BCUT2D eigenvalue weighted by atomic mass is 10.1. The minimum Gasteiger partial charge on any atom is -0.439 e. The van der Waals surface area contributed by atoms with Gasteiger partial charge in [0.05, 0.1) is 0 Å². The number of alkyl halides is 2. The van der Waals surface area contributed by atoms with Crippen molar-refractivity contribution >= 4 is 35.9 Å². The van der Waals surface area contributed by atoms with E-state index in [1.54, 1.807) is 25.1 Å². The normalized spacial score (nSPS) is 14.2. The van der Waals surface area contributed by atoms with Crippen LogP contribution < -0.4 is 20.7 Å². The summed E-state index contributed by atoms with van der Waals surface area (Å²) in [6.07, 6.45) is 3.13. The van der Waals surface area contributed by atoms with Crippen LogP contribution in [0.25, 0.3) is 0 Å². The maximum absolute atomic E-state index is 13.7. The molecule has 0 aromatic heterocycles. The summed E-state index contributed by atoms with van der Waals surface area (Å²) >= 11 is 0. The molecule has 0 bridgehead atoms. The lowest BCUT2D eigenvalue weighted by Crippen LogP contribution is -2.24. The van der Waals surface area contributed by atoms with Crippen LogP contribution in [-0.2, 0) is 10.7 Å². The second-order valence-corrected chi connectivity index (χ2v) is 8.29. The van der Waals surface area contributed by atoms with E-state index in [9.17, 15) is 22.8 Å². The molecule has 1 saturated carbocycles. The van der Waals surface area contributed by atoms with E-state index in [1.165, 1.54) is 13.1 Å². The van der Waals surface area contributed by atoms with Crippen molar-refractivity contribution in [3.8, 4) is 5.75 Å². The molecule has 2 aromatic carbocycles. The average molecular weight is 502 g/mol. The summed E-state index contributed by atoms with van der Waals surface area (Å²) in [6, 6.07) is 6.70. The Balaban J connectivity index is 1.65. The highest BCUT2D eigenvalue weighted by Gasteiger charge is 2.30. The van der Waals surface area contributed by atoms with E-state index >= 15 is 0 Å². The summed E-state index contributed by atoms with van der Waals surface area (Å²) in [6.45, 7) is 5.80. The maximum atomic E-state index is 13.7. The molecule has 0 radical (unpaired) electrons. The first-order valence-electron chi connectivity index (χ1n) is 11.0. The average Bonchev–Trinajstić information content (AvgIpc) is 3.64. The third-order valence-corrected chi connectivity index (χ3v) is 5.18. The molecule has 3 rings (SSSR count). The van der Waals surface area contributed by atoms with E-state index in [0.717, 1.165) is 25.0 Å². The summed E-state index contributed by atoms with van der Waals surface area (Å²) in [7, 11) is 1.51. The number of aryl methyl sites for hydroxylation is 1. The number of carbonyl (C=O) groups excluding carboxylic acids is 2. The number of urea groups is 1. The van der Waals surface area contributed by atoms with Gasteiger partial charge in [0.25, 0.3) is 5.92 Å². The Kier molecular flexibility index (Phi) is 8.13. The summed E-state index contributed by atoms with van der Waals surface area (Å²) in [5, 5.41) is 7.60. The molecule has 0 aliphatic heterocycles. The number of anilines is 2. The van der Waals surface area contributed by atoms with Crippen molar-refractivity contribution in [2.24, 2.45) is 15.9 Å². The Morgan fingerprint density at radius 3 is 2.47 bits per heavy atom. The number of hydrogen-bond donors (Lipinski definition) is 3. The summed E-state index contributed by atoms with van der Waals surface area (Å²) < 4.78 is 46.5. The quantitative estimate of drug-likeness (QED) is 0.335. The zero-order chi connectivity index (χ0) is 26.5. The van der Waals surface area contributed by atoms with Crippen LogP contribution in [0.2, 0.25) is 0 Å². The predicted octanol–water partition coefficient (Wildman–Crippen LogP) is 5.37. The van der Waals surface area contributed by atoms with Crippen LogP contribution in [0.4, 0.5) is 29.3 Å². The van der Waals surface area contributed by atoms with Crippen LogP contribution in [0.15, 0.2) is 58.3 Å². The van der Waals surface area contributed by atoms with Gasteiger partial charge in [0.15, 0.2) is 0 Å². The highest BCUT2D eigenvalue weighted by atomic mass is 19.3. The van der Waals surface area contributed by atoms with Gasteiger partial charge in [0.1, 0.15) is 17.4 Å². The molecule has 0 spiro atoms. The van der Waals surface area contributed by atoms with Crippen LogP contribution >= 0.6 is 0 Å². The van der Waals surface area contributed by atoms with Crippen molar-refractivity contribution in [2.45, 2.75) is 32.6 Å².